The molecule has 21 heavy (non-hydrogen) atoms. The van der Waals surface area contributed by atoms with E-state index in [-0.39, 0.29) is 0 Å². The van der Waals surface area contributed by atoms with E-state index < -0.39 is 0 Å². The van der Waals surface area contributed by atoms with E-state index in [0.717, 1.165) is 13.2 Å². The van der Waals surface area contributed by atoms with Gasteiger partial charge in [-0.3, -0.25) is 0 Å². The molecule has 2 fully saturated rings. The third-order valence-corrected chi connectivity index (χ3v) is 5.62. The van der Waals surface area contributed by atoms with Crippen LogP contribution in [0.3, 0.4) is 0 Å². The fourth-order valence-electron chi connectivity index (χ4n) is 3.55. The van der Waals surface area contributed by atoms with E-state index in [4.69, 9.17) is 4.74 Å². The number of hydrogen-bond donors (Lipinski definition) is 1. The Labute approximate surface area is 139 Å². The maximum Gasteiger partial charge on any atom is 0.0814 e. The Bertz CT molecular complexity index is 642. The van der Waals surface area contributed by atoms with Crippen LogP contribution < -0.4 is 5.32 Å². The molecule has 0 bridgehead atoms. The molecular formula is C17H21IN2O. The topological polar surface area (TPSA) is 26.2 Å². The molecule has 0 amide bonds. The van der Waals surface area contributed by atoms with E-state index >= 15 is 0 Å². The lowest BCUT2D eigenvalue weighted by molar-refractivity contribution is -0.0223. The van der Waals surface area contributed by atoms with Gasteiger partial charge in [-0.1, -0.05) is 25.3 Å². The van der Waals surface area contributed by atoms with Gasteiger partial charge < -0.3 is 14.6 Å². The molecular weight excluding hydrogens is 375 g/mol. The zero-order chi connectivity index (χ0) is 14.2. The summed E-state index contributed by atoms with van der Waals surface area (Å²) in [4.78, 5) is 0. The van der Waals surface area contributed by atoms with Crippen molar-refractivity contribution < 1.29 is 4.74 Å². The lowest BCUT2D eigenvalue weighted by Gasteiger charge is -2.29. The Balaban J connectivity index is 1.69. The molecule has 0 radical (unpaired) electrons. The highest BCUT2D eigenvalue weighted by Crippen LogP contribution is 2.34. The number of ether oxygens (including phenoxy) is 1. The van der Waals surface area contributed by atoms with Crippen molar-refractivity contribution in [2.24, 2.45) is 0 Å². The summed E-state index contributed by atoms with van der Waals surface area (Å²) in [6.07, 6.45) is 6.75. The molecule has 4 heteroatoms. The minimum absolute atomic E-state index is 0.513. The SMILES string of the molecule is Ic1cc2c(NC3CCCCC3)cccc2n1C1COC1. The van der Waals surface area contributed by atoms with E-state index in [9.17, 15) is 0 Å². The first-order chi connectivity index (χ1) is 10.3. The molecule has 4 rings (SSSR count). The van der Waals surface area contributed by atoms with E-state index in [1.807, 2.05) is 0 Å². The number of nitrogens with one attached hydrogen (secondary N) is 1. The van der Waals surface area contributed by atoms with E-state index in [1.165, 1.54) is 52.4 Å². The van der Waals surface area contributed by atoms with Crippen LogP contribution >= 0.6 is 22.6 Å². The van der Waals surface area contributed by atoms with Crippen molar-refractivity contribution in [3.8, 4) is 0 Å². The summed E-state index contributed by atoms with van der Waals surface area (Å²) in [6, 6.07) is 10.1. The second-order valence-corrected chi connectivity index (χ2v) is 7.35. The first-order valence-corrected chi connectivity index (χ1v) is 9.04. The van der Waals surface area contributed by atoms with Gasteiger partial charge in [0.25, 0.3) is 0 Å². The smallest absolute Gasteiger partial charge is 0.0814 e. The molecule has 0 unspecified atom stereocenters. The van der Waals surface area contributed by atoms with Gasteiger partial charge >= 0.3 is 0 Å². The first-order valence-electron chi connectivity index (χ1n) is 7.96. The fraction of sp³-hybridized carbons (Fsp3) is 0.529. The third kappa shape index (κ3) is 2.57. The zero-order valence-corrected chi connectivity index (χ0v) is 14.3. The summed E-state index contributed by atoms with van der Waals surface area (Å²) in [5, 5.41) is 5.15. The van der Waals surface area contributed by atoms with E-state index in [1.54, 1.807) is 0 Å². The van der Waals surface area contributed by atoms with Crippen molar-refractivity contribution in [1.82, 2.24) is 4.57 Å². The lowest BCUT2D eigenvalue weighted by Crippen LogP contribution is -2.31. The number of fused-ring (bicyclic) bond motifs is 1. The highest BCUT2D eigenvalue weighted by molar-refractivity contribution is 14.1. The second kappa shape index (κ2) is 5.80. The van der Waals surface area contributed by atoms with Crippen molar-refractivity contribution in [2.75, 3.05) is 18.5 Å². The van der Waals surface area contributed by atoms with Crippen LogP contribution in [0.5, 0.6) is 0 Å². The molecule has 1 aromatic heterocycles. The van der Waals surface area contributed by atoms with Crippen LogP contribution in [0.4, 0.5) is 5.69 Å². The molecule has 3 nitrogen and oxygen atoms in total. The Kier molecular flexibility index (Phi) is 3.83. The van der Waals surface area contributed by atoms with Crippen molar-refractivity contribution in [1.29, 1.82) is 0 Å². The van der Waals surface area contributed by atoms with Crippen molar-refractivity contribution >= 4 is 39.2 Å². The summed E-state index contributed by atoms with van der Waals surface area (Å²) in [7, 11) is 0. The normalized spacial score (nSPS) is 20.6. The van der Waals surface area contributed by atoms with Gasteiger partial charge in [-0.2, -0.15) is 0 Å². The van der Waals surface area contributed by atoms with Gasteiger partial charge in [0.1, 0.15) is 0 Å². The van der Waals surface area contributed by atoms with Crippen molar-refractivity contribution in [3.63, 3.8) is 0 Å². The first kappa shape index (κ1) is 13.9. The predicted molar refractivity (Wildman–Crippen MR) is 95.0 cm³/mol. The third-order valence-electron chi connectivity index (χ3n) is 4.79. The maximum absolute atomic E-state index is 5.37. The Morgan fingerprint density at radius 2 is 1.95 bits per heavy atom. The number of nitrogens with zero attached hydrogens (tertiary/aromatic N) is 1. The van der Waals surface area contributed by atoms with E-state index in [0.29, 0.717) is 12.1 Å². The average molecular weight is 396 g/mol. The van der Waals surface area contributed by atoms with Gasteiger partial charge in [0.05, 0.1) is 28.5 Å². The number of hydrogen-bond acceptors (Lipinski definition) is 2. The van der Waals surface area contributed by atoms with Gasteiger partial charge in [-0.25, -0.2) is 0 Å². The Hall–Kier alpha value is -0.750. The molecule has 2 aromatic rings. The van der Waals surface area contributed by atoms with Crippen LogP contribution in [0.15, 0.2) is 24.3 Å². The predicted octanol–water partition coefficient (Wildman–Crippen LogP) is 4.56. The summed E-state index contributed by atoms with van der Waals surface area (Å²) in [5.74, 6) is 0. The van der Waals surface area contributed by atoms with E-state index in [2.05, 4.69) is 56.7 Å². The quantitative estimate of drug-likeness (QED) is 0.770. The zero-order valence-electron chi connectivity index (χ0n) is 12.1. The minimum Gasteiger partial charge on any atom is -0.382 e. The fourth-order valence-corrected chi connectivity index (χ4v) is 4.52. The van der Waals surface area contributed by atoms with Gasteiger partial charge in [0.15, 0.2) is 0 Å². The number of benzene rings is 1. The van der Waals surface area contributed by atoms with Crippen LogP contribution in [0.2, 0.25) is 0 Å². The summed E-state index contributed by atoms with van der Waals surface area (Å²) in [5.41, 5.74) is 2.64. The second-order valence-electron chi connectivity index (χ2n) is 6.25. The van der Waals surface area contributed by atoms with Gasteiger partial charge in [0, 0.05) is 17.1 Å². The molecule has 0 atom stereocenters. The maximum atomic E-state index is 5.37. The van der Waals surface area contributed by atoms with Crippen molar-refractivity contribution in [3.05, 3.63) is 28.0 Å². The molecule has 1 aromatic carbocycles. The minimum atomic E-state index is 0.513. The largest absolute Gasteiger partial charge is 0.382 e. The standard InChI is InChI=1S/C17H21IN2O/c18-17-9-14-15(19-12-5-2-1-3-6-12)7-4-8-16(14)20(17)13-10-21-11-13/h4,7-9,12-13,19H,1-3,5-6,10-11H2. The van der Waals surface area contributed by atoms with Crippen LogP contribution in [0.25, 0.3) is 10.9 Å². The molecule has 1 saturated carbocycles. The molecule has 1 saturated heterocycles. The van der Waals surface area contributed by atoms with Crippen LogP contribution in [0, 0.1) is 3.70 Å². The molecule has 1 aliphatic carbocycles. The highest BCUT2D eigenvalue weighted by atomic mass is 127. The Morgan fingerprint density at radius 3 is 2.67 bits per heavy atom. The average Bonchev–Trinajstić information content (AvgIpc) is 2.77. The summed E-state index contributed by atoms with van der Waals surface area (Å²) >= 11 is 2.45. The van der Waals surface area contributed by atoms with Crippen molar-refractivity contribution in [2.45, 2.75) is 44.2 Å². The molecule has 2 heterocycles. The highest BCUT2D eigenvalue weighted by Gasteiger charge is 2.24. The molecule has 0 spiro atoms. The number of halogens is 1. The van der Waals surface area contributed by atoms with Gasteiger partial charge in [0.2, 0.25) is 0 Å². The molecule has 112 valence electrons. The molecule has 1 aliphatic heterocycles. The number of aromatic nitrogens is 1. The van der Waals surface area contributed by atoms with Gasteiger partial charge in [-0.15, -0.1) is 0 Å². The summed E-state index contributed by atoms with van der Waals surface area (Å²) < 4.78 is 9.12. The summed E-state index contributed by atoms with van der Waals surface area (Å²) in [6.45, 7) is 1.69. The van der Waals surface area contributed by atoms with Crippen LogP contribution in [0.1, 0.15) is 38.1 Å². The van der Waals surface area contributed by atoms with Crippen LogP contribution in [-0.4, -0.2) is 23.8 Å². The van der Waals surface area contributed by atoms with Crippen LogP contribution in [-0.2, 0) is 4.74 Å². The number of rotatable bonds is 3. The molecule has 1 N–H and O–H groups in total. The molecule has 2 aliphatic rings. The number of anilines is 1. The Morgan fingerprint density at radius 1 is 1.14 bits per heavy atom. The lowest BCUT2D eigenvalue weighted by atomic mass is 9.95. The van der Waals surface area contributed by atoms with Gasteiger partial charge in [-0.05, 0) is 53.6 Å². The monoisotopic (exact) mass is 396 g/mol.